The van der Waals surface area contributed by atoms with Gasteiger partial charge in [-0.15, -0.1) is 12.4 Å². The van der Waals surface area contributed by atoms with E-state index in [1.165, 1.54) is 0 Å². The predicted octanol–water partition coefficient (Wildman–Crippen LogP) is 1.74. The second-order valence-corrected chi connectivity index (χ2v) is 8.77. The molecule has 0 radical (unpaired) electrons. The van der Waals surface area contributed by atoms with Crippen LogP contribution in [0.2, 0.25) is 0 Å². The van der Waals surface area contributed by atoms with E-state index in [0.717, 1.165) is 38.0 Å². The summed E-state index contributed by atoms with van der Waals surface area (Å²) >= 11 is -1.04. The SMILES string of the molecule is C[S@@+]([O-])CC[C@](CO)(C(=O)O[C@H]1CN2CCC1CC2)c1ccccc1.Cl. The average molecular weight is 402 g/mol. The largest absolute Gasteiger partial charge is 0.617 e. The monoisotopic (exact) mass is 401 g/mol. The smallest absolute Gasteiger partial charge is 0.319 e. The van der Waals surface area contributed by atoms with Gasteiger partial charge in [-0.3, -0.25) is 9.69 Å². The zero-order valence-electron chi connectivity index (χ0n) is 15.1. The minimum Gasteiger partial charge on any atom is -0.617 e. The number of aliphatic hydroxyl groups is 1. The number of ether oxygens (including phenoxy) is 1. The molecule has 7 heteroatoms. The van der Waals surface area contributed by atoms with Gasteiger partial charge in [0.05, 0.1) is 12.9 Å². The first-order valence-corrected chi connectivity index (χ1v) is 10.7. The first kappa shape index (κ1) is 21.5. The summed E-state index contributed by atoms with van der Waals surface area (Å²) in [7, 11) is 0. The van der Waals surface area contributed by atoms with E-state index in [1.54, 1.807) is 6.26 Å². The minimum absolute atomic E-state index is 0. The van der Waals surface area contributed by atoms with E-state index in [-0.39, 0.29) is 31.1 Å². The van der Waals surface area contributed by atoms with Crippen LogP contribution in [0.5, 0.6) is 0 Å². The molecule has 3 aliphatic rings. The number of hydrogen-bond donors (Lipinski definition) is 1. The first-order valence-electron chi connectivity index (χ1n) is 8.95. The van der Waals surface area contributed by atoms with Crippen LogP contribution in [0.3, 0.4) is 0 Å². The summed E-state index contributed by atoms with van der Waals surface area (Å²) in [5.41, 5.74) is -0.409. The standard InChI is InChI=1S/C19H27NO4S.ClH/c1-25(23)12-9-19(14-21,16-5-3-2-4-6-16)18(22)24-17-13-20-10-7-15(17)8-11-20;/h2-6,15,17,21H,7-14H2,1H3;1H/t17-,19+,25+;/m0./s1. The Morgan fingerprint density at radius 2 is 2.00 bits per heavy atom. The molecule has 26 heavy (non-hydrogen) atoms. The molecule has 0 aliphatic carbocycles. The molecule has 3 atom stereocenters. The molecule has 2 bridgehead atoms. The fraction of sp³-hybridized carbons (Fsp3) is 0.632. The van der Waals surface area contributed by atoms with Crippen LogP contribution in [0.15, 0.2) is 30.3 Å². The Morgan fingerprint density at radius 3 is 2.50 bits per heavy atom. The highest BCUT2D eigenvalue weighted by Crippen LogP contribution is 2.34. The molecule has 3 fully saturated rings. The molecule has 0 saturated carbocycles. The third-order valence-corrected chi connectivity index (χ3v) is 6.44. The molecule has 4 rings (SSSR count). The molecule has 5 nitrogen and oxygen atoms in total. The Bertz CT molecular complexity index is 580. The van der Waals surface area contributed by atoms with Crippen LogP contribution >= 0.6 is 12.4 Å². The van der Waals surface area contributed by atoms with Gasteiger partial charge in [0.15, 0.2) is 0 Å². The van der Waals surface area contributed by atoms with Gasteiger partial charge in [0.1, 0.15) is 17.3 Å². The van der Waals surface area contributed by atoms with Crippen molar-refractivity contribution in [3.05, 3.63) is 35.9 Å². The second kappa shape index (κ2) is 9.42. The zero-order valence-corrected chi connectivity index (χ0v) is 16.8. The molecular weight excluding hydrogens is 374 g/mol. The van der Waals surface area contributed by atoms with Crippen LogP contribution in [0.1, 0.15) is 24.8 Å². The van der Waals surface area contributed by atoms with E-state index in [0.29, 0.717) is 18.1 Å². The van der Waals surface area contributed by atoms with Crippen molar-refractivity contribution in [1.82, 2.24) is 4.90 Å². The predicted molar refractivity (Wildman–Crippen MR) is 105 cm³/mol. The highest BCUT2D eigenvalue weighted by molar-refractivity contribution is 7.90. The lowest BCUT2D eigenvalue weighted by atomic mass is 9.78. The lowest BCUT2D eigenvalue weighted by Crippen LogP contribution is -2.54. The van der Waals surface area contributed by atoms with Crippen molar-refractivity contribution in [3.63, 3.8) is 0 Å². The maximum absolute atomic E-state index is 13.2. The number of carbonyl (C=O) groups excluding carboxylic acids is 1. The lowest BCUT2D eigenvalue weighted by Gasteiger charge is -2.45. The van der Waals surface area contributed by atoms with Gasteiger partial charge in [0.25, 0.3) is 0 Å². The van der Waals surface area contributed by atoms with Crippen LogP contribution in [0.4, 0.5) is 0 Å². The van der Waals surface area contributed by atoms with Crippen molar-refractivity contribution < 1.29 is 19.2 Å². The molecule has 3 heterocycles. The van der Waals surface area contributed by atoms with E-state index >= 15 is 0 Å². The van der Waals surface area contributed by atoms with E-state index in [9.17, 15) is 14.5 Å². The van der Waals surface area contributed by atoms with Gasteiger partial charge >= 0.3 is 5.97 Å². The maximum atomic E-state index is 13.2. The molecule has 0 unspecified atom stereocenters. The molecule has 1 aromatic carbocycles. The van der Waals surface area contributed by atoms with Gasteiger partial charge in [-0.05, 0) is 37.4 Å². The van der Waals surface area contributed by atoms with Gasteiger partial charge in [-0.2, -0.15) is 0 Å². The summed E-state index contributed by atoms with van der Waals surface area (Å²) in [6.07, 6.45) is 3.96. The third kappa shape index (κ3) is 4.54. The normalized spacial score (nSPS) is 27.9. The zero-order chi connectivity index (χ0) is 17.9. The molecule has 0 amide bonds. The molecule has 0 aromatic heterocycles. The lowest BCUT2D eigenvalue weighted by molar-refractivity contribution is -0.167. The summed E-state index contributed by atoms with van der Waals surface area (Å²) in [5, 5.41) is 10.2. The topological polar surface area (TPSA) is 72.8 Å². The van der Waals surface area contributed by atoms with Crippen LogP contribution < -0.4 is 0 Å². The number of fused-ring (bicyclic) bond motifs is 3. The van der Waals surface area contributed by atoms with E-state index in [4.69, 9.17) is 4.74 Å². The minimum atomic E-state index is -1.14. The Balaban J connectivity index is 0.00000243. The molecule has 1 N–H and O–H groups in total. The van der Waals surface area contributed by atoms with Crippen molar-refractivity contribution in [2.75, 3.05) is 38.2 Å². The average Bonchev–Trinajstić information content (AvgIpc) is 2.64. The number of esters is 1. The van der Waals surface area contributed by atoms with E-state index < -0.39 is 16.6 Å². The van der Waals surface area contributed by atoms with E-state index in [2.05, 4.69) is 4.90 Å². The fourth-order valence-corrected chi connectivity index (χ4v) is 4.60. The summed E-state index contributed by atoms with van der Waals surface area (Å²) in [5.74, 6) is 0.386. The van der Waals surface area contributed by atoms with Crippen LogP contribution in [0, 0.1) is 5.92 Å². The number of hydrogen-bond acceptors (Lipinski definition) is 5. The summed E-state index contributed by atoms with van der Waals surface area (Å²) < 4.78 is 17.6. The Kier molecular flexibility index (Phi) is 7.79. The van der Waals surface area contributed by atoms with E-state index in [1.807, 2.05) is 30.3 Å². The number of carbonyl (C=O) groups is 1. The second-order valence-electron chi connectivity index (χ2n) is 7.22. The molecule has 3 saturated heterocycles. The van der Waals surface area contributed by atoms with Crippen molar-refractivity contribution >= 4 is 29.6 Å². The quantitative estimate of drug-likeness (QED) is 0.556. The molecular formula is C19H28ClNO4S. The molecule has 3 aliphatic heterocycles. The number of halogens is 1. The number of aliphatic hydroxyl groups excluding tert-OH is 1. The van der Waals surface area contributed by atoms with Crippen molar-refractivity contribution in [2.24, 2.45) is 5.92 Å². The van der Waals surface area contributed by atoms with Crippen molar-refractivity contribution in [3.8, 4) is 0 Å². The van der Waals surface area contributed by atoms with Gasteiger partial charge in [0.2, 0.25) is 0 Å². The highest BCUT2D eigenvalue weighted by atomic mass is 35.5. The summed E-state index contributed by atoms with van der Waals surface area (Å²) in [6, 6.07) is 9.26. The first-order chi connectivity index (χ1) is 12.0. The van der Waals surface area contributed by atoms with Gasteiger partial charge in [-0.1, -0.05) is 41.5 Å². The fourth-order valence-electron chi connectivity index (χ4n) is 3.97. The highest BCUT2D eigenvalue weighted by Gasteiger charge is 2.45. The molecule has 1 aromatic rings. The van der Waals surface area contributed by atoms with Crippen LogP contribution in [-0.4, -0.2) is 64.9 Å². The molecule has 0 spiro atoms. The Hall–Kier alpha value is -0.790. The maximum Gasteiger partial charge on any atom is 0.319 e. The van der Waals surface area contributed by atoms with Crippen LogP contribution in [0.25, 0.3) is 0 Å². The van der Waals surface area contributed by atoms with Gasteiger partial charge in [0, 0.05) is 13.0 Å². The van der Waals surface area contributed by atoms with Gasteiger partial charge < -0.3 is 14.4 Å². The number of nitrogens with zero attached hydrogens (tertiary/aromatic N) is 1. The van der Waals surface area contributed by atoms with Crippen LogP contribution in [-0.2, 0) is 26.1 Å². The van der Waals surface area contributed by atoms with Crippen molar-refractivity contribution in [1.29, 1.82) is 0 Å². The van der Waals surface area contributed by atoms with Gasteiger partial charge in [-0.25, -0.2) is 0 Å². The van der Waals surface area contributed by atoms with Crippen molar-refractivity contribution in [2.45, 2.75) is 30.8 Å². The Labute approximate surface area is 164 Å². The number of piperidine rings is 3. The number of benzene rings is 1. The molecule has 146 valence electrons. The Morgan fingerprint density at radius 1 is 1.35 bits per heavy atom. The number of rotatable bonds is 7. The summed E-state index contributed by atoms with van der Waals surface area (Å²) in [4.78, 5) is 15.5. The summed E-state index contributed by atoms with van der Waals surface area (Å²) in [6.45, 7) is 2.61. The third-order valence-electron chi connectivity index (χ3n) is 5.66.